The summed E-state index contributed by atoms with van der Waals surface area (Å²) in [7, 11) is 0. The van der Waals surface area contributed by atoms with Gasteiger partial charge in [0.2, 0.25) is 0 Å². The van der Waals surface area contributed by atoms with Crippen LogP contribution in [0, 0.1) is 22.7 Å². The summed E-state index contributed by atoms with van der Waals surface area (Å²) in [4.78, 5) is 23.9. The van der Waals surface area contributed by atoms with E-state index in [0.717, 1.165) is 37.7 Å². The van der Waals surface area contributed by atoms with E-state index in [1.165, 1.54) is 24.8 Å². The SMILES string of the molecule is CC(=O)O[C@H]1C[C@]2(O)[C@@H]3CCC4=C[C@@H](O[C@@H]5O[C@@H](C)[C@H](O)[C@@H](O)[C@H]5O)CC[C@]4(C)[C@H]3CC[C@]2(C)[C@H]1c1ccc(=O)oc1. The summed E-state index contributed by atoms with van der Waals surface area (Å²) in [6, 6.07) is 3.11. The minimum absolute atomic E-state index is 0.00405. The van der Waals surface area contributed by atoms with E-state index < -0.39 is 59.4 Å². The van der Waals surface area contributed by atoms with Crippen molar-refractivity contribution in [2.75, 3.05) is 0 Å². The Hall–Kier alpha value is -2.08. The maximum atomic E-state index is 12.7. The third-order valence-electron chi connectivity index (χ3n) is 11.8. The number of aliphatic hydroxyl groups is 4. The Labute approximate surface area is 245 Å². The number of fused-ring (bicyclic) bond motifs is 5. The summed E-state index contributed by atoms with van der Waals surface area (Å²) in [5.41, 5.74) is -0.214. The Morgan fingerprint density at radius 3 is 2.48 bits per heavy atom. The molecule has 13 atom stereocenters. The van der Waals surface area contributed by atoms with Crippen molar-refractivity contribution in [1.82, 2.24) is 0 Å². The quantitative estimate of drug-likeness (QED) is 0.305. The second-order valence-electron chi connectivity index (χ2n) is 13.9. The fourth-order valence-electron chi connectivity index (χ4n) is 9.54. The topological polar surface area (TPSA) is 156 Å². The van der Waals surface area contributed by atoms with E-state index in [1.54, 1.807) is 13.0 Å². The van der Waals surface area contributed by atoms with Crippen LogP contribution in [0.4, 0.5) is 0 Å². The molecule has 1 saturated heterocycles. The van der Waals surface area contributed by atoms with Gasteiger partial charge in [-0.05, 0) is 74.3 Å². The van der Waals surface area contributed by atoms with Gasteiger partial charge in [0, 0.05) is 30.7 Å². The Balaban J connectivity index is 1.26. The molecule has 0 radical (unpaired) electrons. The first-order valence-electron chi connectivity index (χ1n) is 15.3. The molecule has 2 heterocycles. The fraction of sp³-hybridized carbons (Fsp3) is 0.750. The van der Waals surface area contributed by atoms with Crippen LogP contribution in [0.1, 0.15) is 84.1 Å². The molecule has 1 aliphatic heterocycles. The first-order chi connectivity index (χ1) is 19.8. The van der Waals surface area contributed by atoms with Gasteiger partial charge >= 0.3 is 11.6 Å². The summed E-state index contributed by atoms with van der Waals surface area (Å²) in [5, 5.41) is 43.4. The van der Waals surface area contributed by atoms with Crippen molar-refractivity contribution in [3.63, 3.8) is 0 Å². The van der Waals surface area contributed by atoms with Gasteiger partial charge in [0.05, 0.1) is 24.1 Å². The van der Waals surface area contributed by atoms with Crippen molar-refractivity contribution in [2.24, 2.45) is 22.7 Å². The average molecular weight is 589 g/mol. The highest BCUT2D eigenvalue weighted by molar-refractivity contribution is 5.66. The third kappa shape index (κ3) is 4.52. The van der Waals surface area contributed by atoms with E-state index in [4.69, 9.17) is 18.6 Å². The molecule has 10 heteroatoms. The number of allylic oxidation sites excluding steroid dienone is 1. The number of hydrogen-bond donors (Lipinski definition) is 4. The lowest BCUT2D eigenvalue weighted by molar-refractivity contribution is -0.301. The molecule has 0 amide bonds. The molecule has 0 unspecified atom stereocenters. The number of esters is 1. The van der Waals surface area contributed by atoms with E-state index in [-0.39, 0.29) is 29.3 Å². The first kappa shape index (κ1) is 30.0. The number of aliphatic hydroxyl groups excluding tert-OH is 3. The van der Waals surface area contributed by atoms with E-state index >= 15 is 0 Å². The zero-order chi connectivity index (χ0) is 30.2. The summed E-state index contributed by atoms with van der Waals surface area (Å²) < 4.78 is 22.9. The molecule has 42 heavy (non-hydrogen) atoms. The van der Waals surface area contributed by atoms with Gasteiger partial charge in [-0.25, -0.2) is 4.79 Å². The summed E-state index contributed by atoms with van der Waals surface area (Å²) in [6.45, 7) is 7.42. The first-order valence-corrected chi connectivity index (χ1v) is 15.3. The molecule has 0 aromatic carbocycles. The molecular weight excluding hydrogens is 544 g/mol. The maximum Gasteiger partial charge on any atom is 0.335 e. The van der Waals surface area contributed by atoms with Crippen molar-refractivity contribution < 1.29 is 43.8 Å². The molecule has 4 aliphatic carbocycles. The Morgan fingerprint density at radius 1 is 1.02 bits per heavy atom. The normalized spacial score (nSPS) is 48.4. The summed E-state index contributed by atoms with van der Waals surface area (Å²) >= 11 is 0. The maximum absolute atomic E-state index is 12.7. The molecule has 10 nitrogen and oxygen atoms in total. The van der Waals surface area contributed by atoms with E-state index in [2.05, 4.69) is 19.9 Å². The standard InChI is InChI=1S/C32H44O10/c1-16-26(35)27(36)28(37)29(40-16)42-20-9-11-30(3)19(13-20)6-7-22-21(30)10-12-31(4)25(18-5-8-24(34)39-15-18)23(41-17(2)33)14-32(22,31)38/h5,8,13,15-16,20-23,25-29,35-38H,6-7,9-12,14H2,1-4H3/t16-,20-,21-,22+,23-,25-,26-,27+,28+,29-,30-,31+,32-/m0/s1. The minimum Gasteiger partial charge on any atom is -0.462 e. The van der Waals surface area contributed by atoms with Gasteiger partial charge in [0.25, 0.3) is 0 Å². The van der Waals surface area contributed by atoms with Gasteiger partial charge in [0.15, 0.2) is 6.29 Å². The average Bonchev–Trinajstić information content (AvgIpc) is 3.17. The van der Waals surface area contributed by atoms with Gasteiger partial charge in [-0.3, -0.25) is 4.79 Å². The van der Waals surface area contributed by atoms with E-state index in [0.29, 0.717) is 12.8 Å². The Morgan fingerprint density at radius 2 is 1.79 bits per heavy atom. The summed E-state index contributed by atoms with van der Waals surface area (Å²) in [5.74, 6) is -0.484. The molecule has 1 aromatic heterocycles. The molecule has 3 saturated carbocycles. The predicted octanol–water partition coefficient (Wildman–Crippen LogP) is 2.56. The van der Waals surface area contributed by atoms with Crippen LogP contribution in [0.3, 0.4) is 0 Å². The lowest BCUT2D eigenvalue weighted by atomic mass is 9.45. The van der Waals surface area contributed by atoms with Crippen LogP contribution in [0.25, 0.3) is 0 Å². The molecule has 1 aromatic rings. The second kappa shape index (κ2) is 10.5. The van der Waals surface area contributed by atoms with Crippen LogP contribution in [-0.2, 0) is 19.0 Å². The third-order valence-corrected chi connectivity index (χ3v) is 11.8. The predicted molar refractivity (Wildman–Crippen MR) is 149 cm³/mol. The Kier molecular flexibility index (Phi) is 7.51. The van der Waals surface area contributed by atoms with Crippen LogP contribution in [0.5, 0.6) is 0 Å². The molecule has 0 spiro atoms. The molecule has 0 bridgehead atoms. The molecule has 232 valence electrons. The molecule has 6 rings (SSSR count). The van der Waals surface area contributed by atoms with Crippen LogP contribution < -0.4 is 5.63 Å². The van der Waals surface area contributed by atoms with Gasteiger partial charge in [-0.1, -0.05) is 25.5 Å². The van der Waals surface area contributed by atoms with Crippen LogP contribution in [0.2, 0.25) is 0 Å². The Bertz CT molecular complexity index is 1270. The number of rotatable bonds is 4. The number of carbonyl (C=O) groups is 1. The highest BCUT2D eigenvalue weighted by Crippen LogP contribution is 2.70. The minimum atomic E-state index is -1.35. The fourth-order valence-corrected chi connectivity index (χ4v) is 9.54. The number of ether oxygens (including phenoxy) is 3. The summed E-state index contributed by atoms with van der Waals surface area (Å²) in [6.07, 6.45) is 2.24. The molecule has 4 fully saturated rings. The van der Waals surface area contributed by atoms with Crippen molar-refractivity contribution in [1.29, 1.82) is 0 Å². The zero-order valence-electron chi connectivity index (χ0n) is 24.8. The van der Waals surface area contributed by atoms with E-state index in [1.807, 2.05) is 0 Å². The highest BCUT2D eigenvalue weighted by atomic mass is 16.7. The lowest BCUT2D eigenvalue weighted by Crippen LogP contribution is -2.60. The van der Waals surface area contributed by atoms with Crippen LogP contribution >= 0.6 is 0 Å². The molecule has 4 N–H and O–H groups in total. The highest BCUT2D eigenvalue weighted by Gasteiger charge is 2.70. The number of hydrogen-bond acceptors (Lipinski definition) is 10. The van der Waals surface area contributed by atoms with Gasteiger partial charge < -0.3 is 39.1 Å². The van der Waals surface area contributed by atoms with Crippen molar-refractivity contribution in [3.8, 4) is 0 Å². The lowest BCUT2D eigenvalue weighted by Gasteiger charge is -2.61. The molecule has 5 aliphatic rings. The van der Waals surface area contributed by atoms with Crippen LogP contribution in [0.15, 0.2) is 39.3 Å². The number of carbonyl (C=O) groups excluding carboxylic acids is 1. The van der Waals surface area contributed by atoms with Gasteiger partial charge in [0.1, 0.15) is 24.4 Å². The zero-order valence-corrected chi connectivity index (χ0v) is 24.8. The largest absolute Gasteiger partial charge is 0.462 e. The van der Waals surface area contributed by atoms with Gasteiger partial charge in [-0.15, -0.1) is 0 Å². The smallest absolute Gasteiger partial charge is 0.335 e. The van der Waals surface area contributed by atoms with Crippen molar-refractivity contribution >= 4 is 5.97 Å². The van der Waals surface area contributed by atoms with Gasteiger partial charge in [-0.2, -0.15) is 0 Å². The van der Waals surface area contributed by atoms with Crippen molar-refractivity contribution in [3.05, 3.63) is 46.0 Å². The second-order valence-corrected chi connectivity index (χ2v) is 13.9. The molecular formula is C32H44O10. The van der Waals surface area contributed by atoms with E-state index in [9.17, 15) is 30.0 Å². The van der Waals surface area contributed by atoms with Crippen molar-refractivity contribution in [2.45, 2.75) is 127 Å². The van der Waals surface area contributed by atoms with Crippen LogP contribution in [-0.4, -0.2) is 74.9 Å². The monoisotopic (exact) mass is 588 g/mol.